The summed E-state index contributed by atoms with van der Waals surface area (Å²) >= 11 is 0. The van der Waals surface area contributed by atoms with Crippen LogP contribution in [0.2, 0.25) is 0 Å². The molecule has 74 valence electrons. The van der Waals surface area contributed by atoms with Crippen molar-refractivity contribution in [3.05, 3.63) is 24.3 Å². The van der Waals surface area contributed by atoms with Crippen molar-refractivity contribution in [1.82, 2.24) is 0 Å². The highest BCUT2D eigenvalue weighted by atomic mass is 16.3. The molecule has 3 heteroatoms. The lowest BCUT2D eigenvalue weighted by Gasteiger charge is -2.06. The van der Waals surface area contributed by atoms with Gasteiger partial charge in [0.05, 0.1) is 6.10 Å². The van der Waals surface area contributed by atoms with Gasteiger partial charge in [0.2, 0.25) is 0 Å². The Morgan fingerprint density at radius 2 is 2.15 bits per heavy atom. The van der Waals surface area contributed by atoms with Crippen LogP contribution in [0.1, 0.15) is 19.8 Å². The molecular formula is C10H17NO2. The van der Waals surface area contributed by atoms with Crippen molar-refractivity contribution in [1.29, 1.82) is 5.41 Å². The molecule has 0 aromatic carbocycles. The van der Waals surface area contributed by atoms with Crippen molar-refractivity contribution in [2.45, 2.75) is 25.9 Å². The number of nitrogens with one attached hydrogen (secondary N) is 1. The second-order valence-electron chi connectivity index (χ2n) is 2.78. The Morgan fingerprint density at radius 3 is 2.69 bits per heavy atom. The summed E-state index contributed by atoms with van der Waals surface area (Å²) in [5, 5.41) is 25.1. The highest BCUT2D eigenvalue weighted by molar-refractivity contribution is 5.92. The summed E-state index contributed by atoms with van der Waals surface area (Å²) in [7, 11) is 0. The van der Waals surface area contributed by atoms with Gasteiger partial charge in [0, 0.05) is 18.7 Å². The van der Waals surface area contributed by atoms with E-state index in [1.165, 1.54) is 0 Å². The fraction of sp³-hybridized carbons (Fsp3) is 0.500. The lowest BCUT2D eigenvalue weighted by atomic mass is 10.1. The molecule has 0 aromatic rings. The van der Waals surface area contributed by atoms with Gasteiger partial charge in [-0.25, -0.2) is 0 Å². The lowest BCUT2D eigenvalue weighted by molar-refractivity contribution is 0.139. The van der Waals surface area contributed by atoms with Crippen LogP contribution < -0.4 is 0 Å². The predicted octanol–water partition coefficient (Wildman–Crippen LogP) is 1.27. The van der Waals surface area contributed by atoms with Gasteiger partial charge >= 0.3 is 0 Å². The average Bonchev–Trinajstić information content (AvgIpc) is 2.05. The molecule has 0 fully saturated rings. The van der Waals surface area contributed by atoms with E-state index in [-0.39, 0.29) is 6.61 Å². The summed E-state index contributed by atoms with van der Waals surface area (Å²) in [6.45, 7) is 1.86. The summed E-state index contributed by atoms with van der Waals surface area (Å²) in [6.07, 6.45) is 7.12. The van der Waals surface area contributed by atoms with Gasteiger partial charge in [-0.05, 0) is 19.4 Å². The fourth-order valence-electron chi connectivity index (χ4n) is 0.856. The predicted molar refractivity (Wildman–Crippen MR) is 54.0 cm³/mol. The summed E-state index contributed by atoms with van der Waals surface area (Å²) in [5.41, 5.74) is 0.374. The van der Waals surface area contributed by atoms with Crippen LogP contribution in [0, 0.1) is 5.41 Å². The van der Waals surface area contributed by atoms with Crippen molar-refractivity contribution in [3.8, 4) is 0 Å². The minimum atomic E-state index is -0.604. The average molecular weight is 183 g/mol. The maximum atomic E-state index is 9.22. The Morgan fingerprint density at radius 1 is 1.46 bits per heavy atom. The third kappa shape index (κ3) is 7.43. The fourth-order valence-corrected chi connectivity index (χ4v) is 0.856. The topological polar surface area (TPSA) is 64.3 Å². The Hall–Kier alpha value is -0.930. The minimum Gasteiger partial charge on any atom is -0.396 e. The quantitative estimate of drug-likeness (QED) is 0.429. The molecule has 1 unspecified atom stereocenters. The molecule has 0 aliphatic heterocycles. The summed E-state index contributed by atoms with van der Waals surface area (Å²) in [6, 6.07) is 0. The maximum absolute atomic E-state index is 9.22. The van der Waals surface area contributed by atoms with Crippen LogP contribution in [0.5, 0.6) is 0 Å². The zero-order valence-corrected chi connectivity index (χ0v) is 7.90. The first kappa shape index (κ1) is 12.1. The molecular weight excluding hydrogens is 166 g/mol. The second-order valence-corrected chi connectivity index (χ2v) is 2.78. The van der Waals surface area contributed by atoms with E-state index in [0.29, 0.717) is 18.6 Å². The molecule has 0 rings (SSSR count). The van der Waals surface area contributed by atoms with Gasteiger partial charge in [0.15, 0.2) is 0 Å². The van der Waals surface area contributed by atoms with Crippen LogP contribution in [0.3, 0.4) is 0 Å². The molecule has 1 atom stereocenters. The molecule has 3 nitrogen and oxygen atoms in total. The van der Waals surface area contributed by atoms with Gasteiger partial charge in [-0.3, -0.25) is 0 Å². The molecule has 0 amide bonds. The molecule has 0 aliphatic carbocycles. The molecule has 0 heterocycles. The molecule has 0 saturated heterocycles. The number of aliphatic hydroxyl groups excluding tert-OH is 2. The second kappa shape index (κ2) is 7.71. The highest BCUT2D eigenvalue weighted by Crippen LogP contribution is 1.99. The Labute approximate surface area is 78.9 Å². The number of aliphatic hydroxyl groups is 2. The summed E-state index contributed by atoms with van der Waals surface area (Å²) < 4.78 is 0. The third-order valence-corrected chi connectivity index (χ3v) is 1.52. The van der Waals surface area contributed by atoms with Crippen molar-refractivity contribution in [2.75, 3.05) is 6.61 Å². The minimum absolute atomic E-state index is 0.0347. The highest BCUT2D eigenvalue weighted by Gasteiger charge is 2.04. The Balaban J connectivity index is 3.73. The molecule has 13 heavy (non-hydrogen) atoms. The van der Waals surface area contributed by atoms with Gasteiger partial charge in [-0.1, -0.05) is 18.2 Å². The molecule has 0 aliphatic rings. The zero-order valence-electron chi connectivity index (χ0n) is 7.90. The van der Waals surface area contributed by atoms with E-state index in [0.717, 1.165) is 0 Å². The smallest absolute Gasteiger partial charge is 0.0617 e. The van der Waals surface area contributed by atoms with E-state index in [1.54, 1.807) is 12.2 Å². The SMILES string of the molecule is C/C=C/C=C/C(=N)CC(O)CCO. The number of rotatable bonds is 6. The van der Waals surface area contributed by atoms with Gasteiger partial charge < -0.3 is 15.6 Å². The largest absolute Gasteiger partial charge is 0.396 e. The maximum Gasteiger partial charge on any atom is 0.0617 e. The normalized spacial score (nSPS) is 14.1. The van der Waals surface area contributed by atoms with Crippen molar-refractivity contribution >= 4 is 5.71 Å². The van der Waals surface area contributed by atoms with Crippen LogP contribution in [-0.2, 0) is 0 Å². The van der Waals surface area contributed by atoms with Crippen LogP contribution in [0.4, 0.5) is 0 Å². The van der Waals surface area contributed by atoms with E-state index in [9.17, 15) is 5.11 Å². The lowest BCUT2D eigenvalue weighted by Crippen LogP contribution is -2.12. The van der Waals surface area contributed by atoms with Gasteiger partial charge in [0.25, 0.3) is 0 Å². The molecule has 0 saturated carbocycles. The van der Waals surface area contributed by atoms with E-state index >= 15 is 0 Å². The van der Waals surface area contributed by atoms with Gasteiger partial charge in [-0.2, -0.15) is 0 Å². The summed E-state index contributed by atoms with van der Waals surface area (Å²) in [4.78, 5) is 0. The number of hydrogen-bond acceptors (Lipinski definition) is 3. The van der Waals surface area contributed by atoms with E-state index in [4.69, 9.17) is 10.5 Å². The standard InChI is InChI=1S/C10H17NO2/c1-2-3-4-5-9(11)8-10(13)6-7-12/h2-5,10-13H,6-8H2,1H3/b3-2+,5-4+,11-9?. The monoisotopic (exact) mass is 183 g/mol. The Bertz CT molecular complexity index is 197. The van der Waals surface area contributed by atoms with Crippen LogP contribution in [0.15, 0.2) is 24.3 Å². The van der Waals surface area contributed by atoms with E-state index in [1.807, 2.05) is 19.1 Å². The molecule has 3 N–H and O–H groups in total. The third-order valence-electron chi connectivity index (χ3n) is 1.52. The van der Waals surface area contributed by atoms with Crippen molar-refractivity contribution in [2.24, 2.45) is 0 Å². The zero-order chi connectivity index (χ0) is 10.1. The summed E-state index contributed by atoms with van der Waals surface area (Å²) in [5.74, 6) is 0. The van der Waals surface area contributed by atoms with E-state index in [2.05, 4.69) is 0 Å². The first-order valence-corrected chi connectivity index (χ1v) is 4.36. The van der Waals surface area contributed by atoms with Crippen LogP contribution >= 0.6 is 0 Å². The number of allylic oxidation sites excluding steroid dienone is 4. The first-order valence-electron chi connectivity index (χ1n) is 4.36. The van der Waals surface area contributed by atoms with Crippen LogP contribution in [0.25, 0.3) is 0 Å². The van der Waals surface area contributed by atoms with Crippen LogP contribution in [-0.4, -0.2) is 28.6 Å². The molecule has 0 radical (unpaired) electrons. The van der Waals surface area contributed by atoms with E-state index < -0.39 is 6.10 Å². The molecule has 0 spiro atoms. The van der Waals surface area contributed by atoms with Gasteiger partial charge in [0.1, 0.15) is 0 Å². The Kier molecular flexibility index (Phi) is 7.15. The first-order chi connectivity index (χ1) is 6.20. The van der Waals surface area contributed by atoms with Crippen molar-refractivity contribution in [3.63, 3.8) is 0 Å². The van der Waals surface area contributed by atoms with Crippen molar-refractivity contribution < 1.29 is 10.2 Å². The van der Waals surface area contributed by atoms with Gasteiger partial charge in [-0.15, -0.1) is 0 Å². The molecule has 0 bridgehead atoms. The molecule has 0 aromatic heterocycles. The number of hydrogen-bond donors (Lipinski definition) is 3.